The van der Waals surface area contributed by atoms with Crippen molar-refractivity contribution in [2.24, 2.45) is 4.99 Å². The van der Waals surface area contributed by atoms with E-state index in [9.17, 15) is 0 Å². The Morgan fingerprint density at radius 1 is 0.938 bits per heavy atom. The Bertz CT molecular complexity index is 907. The molecule has 0 aliphatic rings. The number of guanidine groups is 1. The van der Waals surface area contributed by atoms with E-state index in [1.54, 1.807) is 12.5 Å². The maximum atomic E-state index is 5.63. The van der Waals surface area contributed by atoms with Gasteiger partial charge in [0.15, 0.2) is 5.96 Å². The summed E-state index contributed by atoms with van der Waals surface area (Å²) in [5.41, 5.74) is 2.49. The van der Waals surface area contributed by atoms with Crippen molar-refractivity contribution in [2.45, 2.75) is 39.6 Å². The zero-order valence-electron chi connectivity index (χ0n) is 19.0. The molecule has 1 aromatic carbocycles. The normalized spacial score (nSPS) is 11.8. The third kappa shape index (κ3) is 8.24. The van der Waals surface area contributed by atoms with Gasteiger partial charge in [0.05, 0.1) is 25.6 Å². The van der Waals surface area contributed by atoms with Gasteiger partial charge in [-0.25, -0.2) is 4.99 Å². The molecule has 2 N–H and O–H groups in total. The fraction of sp³-hybridized carbons (Fsp3) is 0.400. The summed E-state index contributed by atoms with van der Waals surface area (Å²) in [5.74, 6) is 2.63. The first-order valence-corrected chi connectivity index (χ1v) is 11.1. The van der Waals surface area contributed by atoms with Gasteiger partial charge >= 0.3 is 0 Å². The standard InChI is InChI=1S/C25H34N4O3/c1-3-26-25(27-13-8-14-30-20-24-12-7-16-32-24)28-17-21-9-4-5-10-22(21)18-29(2)19-23-11-6-15-31-23/h4-7,9-12,15-16H,3,8,13-14,17-20H2,1-2H3,(H2,26,27,28). The highest BCUT2D eigenvalue weighted by molar-refractivity contribution is 5.79. The Morgan fingerprint density at radius 3 is 2.41 bits per heavy atom. The molecule has 2 heterocycles. The summed E-state index contributed by atoms with van der Waals surface area (Å²) in [6.07, 6.45) is 4.26. The minimum atomic E-state index is 0.506. The number of furan rings is 2. The second-order valence-corrected chi connectivity index (χ2v) is 7.63. The van der Waals surface area contributed by atoms with Gasteiger partial charge in [0.25, 0.3) is 0 Å². The van der Waals surface area contributed by atoms with Crippen LogP contribution in [0.2, 0.25) is 0 Å². The van der Waals surface area contributed by atoms with Crippen molar-refractivity contribution in [1.82, 2.24) is 15.5 Å². The first-order valence-electron chi connectivity index (χ1n) is 11.1. The molecule has 0 aliphatic carbocycles. The molecule has 0 amide bonds. The minimum absolute atomic E-state index is 0.506. The highest BCUT2D eigenvalue weighted by Gasteiger charge is 2.08. The second kappa shape index (κ2) is 13.4. The van der Waals surface area contributed by atoms with Gasteiger partial charge in [-0.1, -0.05) is 24.3 Å². The number of nitrogens with zero attached hydrogens (tertiary/aromatic N) is 2. The molecule has 172 valence electrons. The van der Waals surface area contributed by atoms with E-state index in [0.717, 1.165) is 50.1 Å². The predicted molar refractivity (Wildman–Crippen MR) is 126 cm³/mol. The second-order valence-electron chi connectivity index (χ2n) is 7.63. The highest BCUT2D eigenvalue weighted by atomic mass is 16.5. The molecule has 0 bridgehead atoms. The number of nitrogens with one attached hydrogen (secondary N) is 2. The maximum Gasteiger partial charge on any atom is 0.191 e. The molecule has 0 saturated heterocycles. The zero-order valence-corrected chi connectivity index (χ0v) is 19.0. The molecule has 0 fully saturated rings. The van der Waals surface area contributed by atoms with Crippen LogP contribution in [-0.4, -0.2) is 37.6 Å². The average molecular weight is 439 g/mol. The van der Waals surface area contributed by atoms with E-state index >= 15 is 0 Å². The third-order valence-electron chi connectivity index (χ3n) is 4.90. The Kier molecular flexibility index (Phi) is 9.89. The number of aliphatic imine (C=N–C) groups is 1. The average Bonchev–Trinajstić information content (AvgIpc) is 3.49. The number of ether oxygens (including phenoxy) is 1. The van der Waals surface area contributed by atoms with Crippen LogP contribution in [0.4, 0.5) is 0 Å². The van der Waals surface area contributed by atoms with Gasteiger partial charge in [-0.2, -0.15) is 0 Å². The molecule has 3 rings (SSSR count). The molecule has 7 heteroatoms. The van der Waals surface area contributed by atoms with Crippen LogP contribution in [0.25, 0.3) is 0 Å². The molecule has 0 saturated carbocycles. The lowest BCUT2D eigenvalue weighted by molar-refractivity contribution is 0.105. The van der Waals surface area contributed by atoms with Crippen molar-refractivity contribution in [3.63, 3.8) is 0 Å². The summed E-state index contributed by atoms with van der Waals surface area (Å²) < 4.78 is 16.4. The zero-order chi connectivity index (χ0) is 22.4. The van der Waals surface area contributed by atoms with E-state index in [1.807, 2.05) is 24.3 Å². The van der Waals surface area contributed by atoms with Gasteiger partial charge in [-0.05, 0) is 55.8 Å². The van der Waals surface area contributed by atoms with E-state index < -0.39 is 0 Å². The molecule has 0 radical (unpaired) electrons. The SMILES string of the molecule is CCNC(=NCc1ccccc1CN(C)Cc1ccco1)NCCCOCc1ccco1. The lowest BCUT2D eigenvalue weighted by atomic mass is 10.1. The first-order chi connectivity index (χ1) is 15.7. The monoisotopic (exact) mass is 438 g/mol. The molecule has 0 aliphatic heterocycles. The topological polar surface area (TPSA) is 75.2 Å². The Balaban J connectivity index is 1.46. The van der Waals surface area contributed by atoms with Crippen LogP contribution < -0.4 is 10.6 Å². The molecule has 2 aromatic heterocycles. The number of rotatable bonds is 13. The van der Waals surface area contributed by atoms with Crippen LogP contribution in [0.3, 0.4) is 0 Å². The van der Waals surface area contributed by atoms with E-state index in [-0.39, 0.29) is 0 Å². The van der Waals surface area contributed by atoms with Crippen LogP contribution in [0.1, 0.15) is 36.0 Å². The third-order valence-corrected chi connectivity index (χ3v) is 4.90. The molecule has 3 aromatic rings. The van der Waals surface area contributed by atoms with E-state index in [4.69, 9.17) is 18.6 Å². The number of hydrogen-bond acceptors (Lipinski definition) is 5. The molecule has 32 heavy (non-hydrogen) atoms. The van der Waals surface area contributed by atoms with Crippen molar-refractivity contribution in [1.29, 1.82) is 0 Å². The van der Waals surface area contributed by atoms with Gasteiger partial charge in [0, 0.05) is 26.2 Å². The Labute approximate surface area is 190 Å². The summed E-state index contributed by atoms with van der Waals surface area (Å²) in [6.45, 7) is 7.08. The lowest BCUT2D eigenvalue weighted by Crippen LogP contribution is -2.38. The van der Waals surface area contributed by atoms with Gasteiger partial charge in [-0.3, -0.25) is 4.90 Å². The summed E-state index contributed by atoms with van der Waals surface area (Å²) in [7, 11) is 2.10. The van der Waals surface area contributed by atoms with Crippen LogP contribution in [-0.2, 0) is 31.0 Å². The van der Waals surface area contributed by atoms with Crippen LogP contribution >= 0.6 is 0 Å². The molecule has 0 atom stereocenters. The number of benzene rings is 1. The smallest absolute Gasteiger partial charge is 0.191 e. The summed E-state index contributed by atoms with van der Waals surface area (Å²) >= 11 is 0. The van der Waals surface area contributed by atoms with E-state index in [2.05, 4.69) is 53.8 Å². The van der Waals surface area contributed by atoms with Crippen LogP contribution in [0.15, 0.2) is 74.9 Å². The Morgan fingerprint density at radius 2 is 1.69 bits per heavy atom. The van der Waals surface area contributed by atoms with Crippen molar-refractivity contribution in [3.05, 3.63) is 83.7 Å². The van der Waals surface area contributed by atoms with Gasteiger partial charge in [0.1, 0.15) is 18.1 Å². The number of hydrogen-bond donors (Lipinski definition) is 2. The largest absolute Gasteiger partial charge is 0.468 e. The summed E-state index contributed by atoms with van der Waals surface area (Å²) in [6, 6.07) is 16.2. The molecule has 0 unspecified atom stereocenters. The Hall–Kier alpha value is -3.03. The van der Waals surface area contributed by atoms with E-state index in [0.29, 0.717) is 19.8 Å². The van der Waals surface area contributed by atoms with Gasteiger partial charge < -0.3 is 24.2 Å². The summed E-state index contributed by atoms with van der Waals surface area (Å²) in [4.78, 5) is 7.03. The molecular formula is C25H34N4O3. The molecular weight excluding hydrogens is 404 g/mol. The summed E-state index contributed by atoms with van der Waals surface area (Å²) in [5, 5.41) is 6.70. The lowest BCUT2D eigenvalue weighted by Gasteiger charge is -2.17. The van der Waals surface area contributed by atoms with Crippen LogP contribution in [0, 0.1) is 0 Å². The fourth-order valence-electron chi connectivity index (χ4n) is 3.34. The van der Waals surface area contributed by atoms with Crippen molar-refractivity contribution >= 4 is 5.96 Å². The molecule has 0 spiro atoms. The minimum Gasteiger partial charge on any atom is -0.468 e. The van der Waals surface area contributed by atoms with Crippen molar-refractivity contribution < 1.29 is 13.6 Å². The van der Waals surface area contributed by atoms with E-state index in [1.165, 1.54) is 11.1 Å². The quantitative estimate of drug-likeness (QED) is 0.237. The van der Waals surface area contributed by atoms with Crippen molar-refractivity contribution in [2.75, 3.05) is 26.7 Å². The predicted octanol–water partition coefficient (Wildman–Crippen LogP) is 4.17. The maximum absolute atomic E-state index is 5.63. The highest BCUT2D eigenvalue weighted by Crippen LogP contribution is 2.14. The molecule has 7 nitrogen and oxygen atoms in total. The van der Waals surface area contributed by atoms with Crippen molar-refractivity contribution in [3.8, 4) is 0 Å². The van der Waals surface area contributed by atoms with Crippen LogP contribution in [0.5, 0.6) is 0 Å². The van der Waals surface area contributed by atoms with Gasteiger partial charge in [0.2, 0.25) is 0 Å². The first kappa shape index (κ1) is 23.6. The fourth-order valence-corrected chi connectivity index (χ4v) is 3.34. The van der Waals surface area contributed by atoms with Gasteiger partial charge in [-0.15, -0.1) is 0 Å².